The van der Waals surface area contributed by atoms with Crippen LogP contribution in [0.4, 0.5) is 4.79 Å². The van der Waals surface area contributed by atoms with Crippen molar-refractivity contribution < 1.29 is 14.3 Å². The van der Waals surface area contributed by atoms with Crippen molar-refractivity contribution in [3.05, 3.63) is 0 Å². The molecule has 0 radical (unpaired) electrons. The van der Waals surface area contributed by atoms with E-state index in [0.29, 0.717) is 0 Å². The predicted octanol–water partition coefficient (Wildman–Crippen LogP) is 6.45. The zero-order chi connectivity index (χ0) is 17.6. The Kier molecular flexibility index (Phi) is 14.1. The van der Waals surface area contributed by atoms with E-state index in [4.69, 9.17) is 4.74 Å². The molecule has 0 amide bonds. The van der Waals surface area contributed by atoms with Crippen LogP contribution in [0, 0.1) is 0 Å². The summed E-state index contributed by atoms with van der Waals surface area (Å²) in [6, 6.07) is 0. The third kappa shape index (κ3) is 12.9. The molecule has 0 fully saturated rings. The molecular formula is C18H34O3S2. The van der Waals surface area contributed by atoms with Crippen molar-refractivity contribution in [2.75, 3.05) is 12.9 Å². The first-order chi connectivity index (χ1) is 10.9. The van der Waals surface area contributed by atoms with Crippen LogP contribution in [-0.2, 0) is 9.53 Å². The quantitative estimate of drug-likeness (QED) is 0.278. The second-order valence-corrected chi connectivity index (χ2v) is 9.31. The number of ether oxygens (including phenoxy) is 1. The van der Waals surface area contributed by atoms with E-state index in [1.54, 1.807) is 13.8 Å². The summed E-state index contributed by atoms with van der Waals surface area (Å²) in [5.74, 6) is 0.495. The average Bonchev–Trinajstić information content (AvgIpc) is 2.51. The molecule has 0 N–H and O–H groups in total. The van der Waals surface area contributed by atoms with Gasteiger partial charge in [0.25, 0.3) is 0 Å². The molecular weight excluding hydrogens is 328 g/mol. The first-order valence-corrected chi connectivity index (χ1v) is 10.7. The SMILES string of the molecule is CCCCCCCCCCCCSC(=O)SC(C)(C)C(=O)OC. The van der Waals surface area contributed by atoms with Crippen LogP contribution >= 0.6 is 23.5 Å². The highest BCUT2D eigenvalue weighted by Gasteiger charge is 2.32. The summed E-state index contributed by atoms with van der Waals surface area (Å²) in [6.45, 7) is 5.70. The van der Waals surface area contributed by atoms with Crippen LogP contribution in [0.2, 0.25) is 0 Å². The number of thioether (sulfide) groups is 2. The van der Waals surface area contributed by atoms with Gasteiger partial charge in [-0.3, -0.25) is 9.59 Å². The Balaban J connectivity index is 3.48. The molecule has 0 aliphatic carbocycles. The summed E-state index contributed by atoms with van der Waals surface area (Å²) in [6.07, 6.45) is 13.0. The van der Waals surface area contributed by atoms with Crippen molar-refractivity contribution >= 4 is 33.9 Å². The number of carbonyl (C=O) groups is 2. The molecule has 0 aromatic heterocycles. The van der Waals surface area contributed by atoms with Crippen LogP contribution in [-0.4, -0.2) is 28.0 Å². The maximum absolute atomic E-state index is 11.9. The molecule has 5 heteroatoms. The Morgan fingerprint density at radius 3 is 1.83 bits per heavy atom. The van der Waals surface area contributed by atoms with Gasteiger partial charge in [0.2, 0.25) is 4.45 Å². The lowest BCUT2D eigenvalue weighted by Gasteiger charge is -2.19. The summed E-state index contributed by atoms with van der Waals surface area (Å²) in [4.78, 5) is 23.4. The average molecular weight is 363 g/mol. The Hall–Kier alpha value is -0.160. The lowest BCUT2D eigenvalue weighted by Crippen LogP contribution is -2.30. The third-order valence-electron chi connectivity index (χ3n) is 3.73. The van der Waals surface area contributed by atoms with Crippen molar-refractivity contribution in [3.8, 4) is 0 Å². The minimum Gasteiger partial charge on any atom is -0.468 e. The zero-order valence-corrected chi connectivity index (χ0v) is 17.0. The number of carbonyl (C=O) groups excluding carboxylic acids is 2. The Labute approximate surface area is 151 Å². The molecule has 0 spiro atoms. The van der Waals surface area contributed by atoms with E-state index in [2.05, 4.69) is 6.92 Å². The summed E-state index contributed by atoms with van der Waals surface area (Å²) in [5.41, 5.74) is 0. The van der Waals surface area contributed by atoms with Crippen LogP contribution in [0.1, 0.15) is 85.0 Å². The standard InChI is InChI=1S/C18H34O3S2/c1-5-6-7-8-9-10-11-12-13-14-15-22-17(20)23-18(2,3)16(19)21-4/h5-15H2,1-4H3. The molecule has 23 heavy (non-hydrogen) atoms. The fourth-order valence-corrected chi connectivity index (χ4v) is 4.48. The minimum atomic E-state index is -0.795. The second-order valence-electron chi connectivity index (χ2n) is 6.38. The Morgan fingerprint density at radius 2 is 1.35 bits per heavy atom. The van der Waals surface area contributed by atoms with Crippen molar-refractivity contribution in [1.82, 2.24) is 0 Å². The molecule has 0 unspecified atom stereocenters. The third-order valence-corrected chi connectivity index (χ3v) is 5.91. The van der Waals surface area contributed by atoms with Crippen molar-refractivity contribution in [2.45, 2.75) is 89.7 Å². The summed E-state index contributed by atoms with van der Waals surface area (Å²) in [5, 5.41) is 0. The number of esters is 1. The number of unbranched alkanes of at least 4 members (excludes halogenated alkanes) is 9. The van der Waals surface area contributed by atoms with Gasteiger partial charge in [-0.25, -0.2) is 0 Å². The van der Waals surface area contributed by atoms with Crippen LogP contribution in [0.25, 0.3) is 0 Å². The number of methoxy groups -OCH3 is 1. The van der Waals surface area contributed by atoms with E-state index in [0.717, 1.165) is 23.9 Å². The van der Waals surface area contributed by atoms with E-state index in [1.807, 2.05) is 0 Å². The topological polar surface area (TPSA) is 43.4 Å². The molecule has 0 aromatic rings. The molecule has 136 valence electrons. The van der Waals surface area contributed by atoms with Gasteiger partial charge < -0.3 is 4.74 Å². The summed E-state index contributed by atoms with van der Waals surface area (Å²) in [7, 11) is 1.35. The highest BCUT2D eigenvalue weighted by Crippen LogP contribution is 2.31. The van der Waals surface area contributed by atoms with Crippen LogP contribution in [0.15, 0.2) is 0 Å². The van der Waals surface area contributed by atoms with Gasteiger partial charge in [-0.2, -0.15) is 0 Å². The van der Waals surface area contributed by atoms with Gasteiger partial charge >= 0.3 is 5.97 Å². The summed E-state index contributed by atoms with van der Waals surface area (Å²) >= 11 is 2.39. The van der Waals surface area contributed by atoms with E-state index < -0.39 is 4.75 Å². The van der Waals surface area contributed by atoms with Crippen molar-refractivity contribution in [2.24, 2.45) is 0 Å². The fourth-order valence-electron chi connectivity index (χ4n) is 2.27. The van der Waals surface area contributed by atoms with Gasteiger partial charge in [-0.15, -0.1) is 0 Å². The number of hydrogen-bond acceptors (Lipinski definition) is 5. The highest BCUT2D eigenvalue weighted by atomic mass is 32.2. The van der Waals surface area contributed by atoms with Gasteiger partial charge in [0.05, 0.1) is 7.11 Å². The molecule has 0 atom stereocenters. The molecule has 0 saturated carbocycles. The van der Waals surface area contributed by atoms with Crippen molar-refractivity contribution in [3.63, 3.8) is 0 Å². The van der Waals surface area contributed by atoms with Crippen LogP contribution in [0.3, 0.4) is 0 Å². The minimum absolute atomic E-state index is 0.0105. The van der Waals surface area contributed by atoms with Gasteiger partial charge in [0.15, 0.2) is 0 Å². The zero-order valence-electron chi connectivity index (χ0n) is 15.3. The number of rotatable bonds is 13. The number of hydrogen-bond donors (Lipinski definition) is 0. The smallest absolute Gasteiger partial charge is 0.321 e. The van der Waals surface area contributed by atoms with E-state index in [-0.39, 0.29) is 10.4 Å². The van der Waals surface area contributed by atoms with Crippen molar-refractivity contribution in [1.29, 1.82) is 0 Å². The molecule has 0 rings (SSSR count). The van der Waals surface area contributed by atoms with E-state index >= 15 is 0 Å². The Morgan fingerprint density at radius 1 is 0.870 bits per heavy atom. The molecule has 0 saturated heterocycles. The molecule has 0 heterocycles. The van der Waals surface area contributed by atoms with Gasteiger partial charge in [0.1, 0.15) is 4.75 Å². The second kappa shape index (κ2) is 14.2. The first kappa shape index (κ1) is 22.8. The van der Waals surface area contributed by atoms with Crippen LogP contribution in [0.5, 0.6) is 0 Å². The van der Waals surface area contributed by atoms with E-state index in [1.165, 1.54) is 76.7 Å². The molecule has 0 aliphatic heterocycles. The van der Waals surface area contributed by atoms with E-state index in [9.17, 15) is 9.59 Å². The lowest BCUT2D eigenvalue weighted by atomic mass is 10.1. The summed E-state index contributed by atoms with van der Waals surface area (Å²) < 4.78 is 3.92. The largest absolute Gasteiger partial charge is 0.468 e. The van der Waals surface area contributed by atoms with Gasteiger partial charge in [-0.1, -0.05) is 88.2 Å². The lowest BCUT2D eigenvalue weighted by molar-refractivity contribution is -0.142. The predicted molar refractivity (Wildman–Crippen MR) is 103 cm³/mol. The monoisotopic (exact) mass is 362 g/mol. The molecule has 0 aromatic carbocycles. The molecule has 3 nitrogen and oxygen atoms in total. The highest BCUT2D eigenvalue weighted by molar-refractivity contribution is 8.39. The van der Waals surface area contributed by atoms with Crippen LogP contribution < -0.4 is 0 Å². The van der Waals surface area contributed by atoms with Gasteiger partial charge in [-0.05, 0) is 20.3 Å². The normalized spacial score (nSPS) is 11.5. The fraction of sp³-hybridized carbons (Fsp3) is 0.889. The maximum atomic E-state index is 11.9. The van der Waals surface area contributed by atoms with Gasteiger partial charge in [0, 0.05) is 5.75 Å². The molecule has 0 aliphatic rings. The maximum Gasteiger partial charge on any atom is 0.321 e. The first-order valence-electron chi connectivity index (χ1n) is 8.88. The Bertz CT molecular complexity index is 330. The molecule has 0 bridgehead atoms.